The quantitative estimate of drug-likeness (QED) is 0.598. The Hall–Kier alpha value is -2.86. The predicted molar refractivity (Wildman–Crippen MR) is 135 cm³/mol. The second-order valence-corrected chi connectivity index (χ2v) is 9.57. The Bertz CT molecular complexity index is 1080. The summed E-state index contributed by atoms with van der Waals surface area (Å²) in [5, 5.41) is 3.10. The molecule has 6 nitrogen and oxygen atoms in total. The molecule has 2 fully saturated rings. The maximum atomic E-state index is 12.8. The molecule has 0 unspecified atom stereocenters. The Morgan fingerprint density at radius 3 is 2.42 bits per heavy atom. The van der Waals surface area contributed by atoms with Crippen LogP contribution in [0.1, 0.15) is 37.7 Å². The molecule has 2 saturated heterocycles. The number of carbonyl (C=O) groups excluding carboxylic acids is 1. The van der Waals surface area contributed by atoms with Gasteiger partial charge in [0.1, 0.15) is 0 Å². The number of nitrogens with zero attached hydrogens (tertiary/aromatic N) is 4. The van der Waals surface area contributed by atoms with Gasteiger partial charge in [-0.05, 0) is 70.0 Å². The Morgan fingerprint density at radius 2 is 1.67 bits per heavy atom. The maximum Gasteiger partial charge on any atom is 0.227 e. The number of piperidine rings is 2. The van der Waals surface area contributed by atoms with Crippen molar-refractivity contribution in [1.29, 1.82) is 0 Å². The molecular formula is C27H35N5O. The van der Waals surface area contributed by atoms with Crippen molar-refractivity contribution in [3.63, 3.8) is 0 Å². The van der Waals surface area contributed by atoms with Gasteiger partial charge in [0.25, 0.3) is 0 Å². The van der Waals surface area contributed by atoms with Crippen LogP contribution in [0.2, 0.25) is 0 Å². The van der Waals surface area contributed by atoms with Crippen LogP contribution in [0.3, 0.4) is 0 Å². The summed E-state index contributed by atoms with van der Waals surface area (Å²) in [4.78, 5) is 22.8. The first-order valence-electron chi connectivity index (χ1n) is 12.5. The zero-order valence-electron chi connectivity index (χ0n) is 19.7. The standard InChI is InChI=1S/C27H35N5O/c1-21-9-11-23(12-10-21)28-26(33)22-13-17-31(18-14-22)27-29-24-7-3-4-8-25(24)32(27)20-19-30-15-5-2-6-16-30/h3-4,7-12,22H,2,5-6,13-20H2,1H3,(H,28,33). The Morgan fingerprint density at radius 1 is 0.939 bits per heavy atom. The van der Waals surface area contributed by atoms with Crippen molar-refractivity contribution in [1.82, 2.24) is 14.5 Å². The number of rotatable bonds is 6. The number of para-hydroxylation sites is 2. The van der Waals surface area contributed by atoms with Crippen molar-refractivity contribution in [2.75, 3.05) is 42.9 Å². The summed E-state index contributed by atoms with van der Waals surface area (Å²) in [5.74, 6) is 1.25. The molecule has 1 aromatic heterocycles. The van der Waals surface area contributed by atoms with E-state index in [9.17, 15) is 4.79 Å². The van der Waals surface area contributed by atoms with Gasteiger partial charge in [0.05, 0.1) is 11.0 Å². The van der Waals surface area contributed by atoms with Gasteiger partial charge in [-0.25, -0.2) is 4.98 Å². The molecular weight excluding hydrogens is 410 g/mol. The first kappa shape index (κ1) is 22.0. The van der Waals surface area contributed by atoms with E-state index in [0.717, 1.165) is 56.2 Å². The minimum Gasteiger partial charge on any atom is -0.342 e. The third-order valence-corrected chi connectivity index (χ3v) is 7.19. The van der Waals surface area contributed by atoms with Gasteiger partial charge in [0.2, 0.25) is 11.9 Å². The molecule has 0 atom stereocenters. The summed E-state index contributed by atoms with van der Waals surface area (Å²) >= 11 is 0. The van der Waals surface area contributed by atoms with Crippen LogP contribution >= 0.6 is 0 Å². The van der Waals surface area contributed by atoms with Crippen LogP contribution < -0.4 is 10.2 Å². The predicted octanol–water partition coefficient (Wildman–Crippen LogP) is 4.69. The van der Waals surface area contributed by atoms with Crippen molar-refractivity contribution in [2.24, 2.45) is 5.92 Å². The van der Waals surface area contributed by atoms with Gasteiger partial charge < -0.3 is 19.7 Å². The fraction of sp³-hybridized carbons (Fsp3) is 0.481. The van der Waals surface area contributed by atoms with Crippen molar-refractivity contribution in [3.8, 4) is 0 Å². The highest BCUT2D eigenvalue weighted by molar-refractivity contribution is 5.92. The second-order valence-electron chi connectivity index (χ2n) is 9.57. The number of hydrogen-bond acceptors (Lipinski definition) is 4. The van der Waals surface area contributed by atoms with Crippen molar-refractivity contribution in [3.05, 3.63) is 54.1 Å². The van der Waals surface area contributed by atoms with Crippen LogP contribution in [0, 0.1) is 12.8 Å². The number of anilines is 2. The molecule has 33 heavy (non-hydrogen) atoms. The number of benzene rings is 2. The van der Waals surface area contributed by atoms with Gasteiger partial charge in [-0.15, -0.1) is 0 Å². The highest BCUT2D eigenvalue weighted by Gasteiger charge is 2.28. The third kappa shape index (κ3) is 5.06. The number of amides is 1. The number of nitrogens with one attached hydrogen (secondary N) is 1. The number of aryl methyl sites for hydroxylation is 1. The van der Waals surface area contributed by atoms with Gasteiger partial charge in [0.15, 0.2) is 0 Å². The average Bonchev–Trinajstić information content (AvgIpc) is 3.23. The van der Waals surface area contributed by atoms with E-state index in [1.54, 1.807) is 0 Å². The van der Waals surface area contributed by atoms with E-state index in [0.29, 0.717) is 0 Å². The minimum absolute atomic E-state index is 0.0498. The number of fused-ring (bicyclic) bond motifs is 1. The van der Waals surface area contributed by atoms with Crippen LogP contribution in [-0.4, -0.2) is 53.1 Å². The molecule has 0 bridgehead atoms. The largest absolute Gasteiger partial charge is 0.342 e. The Balaban J connectivity index is 1.25. The molecule has 2 aliphatic rings. The third-order valence-electron chi connectivity index (χ3n) is 7.19. The number of carbonyl (C=O) groups is 1. The van der Waals surface area contributed by atoms with E-state index in [2.05, 4.69) is 50.9 Å². The van der Waals surface area contributed by atoms with Crippen LogP contribution in [-0.2, 0) is 11.3 Å². The molecule has 174 valence electrons. The highest BCUT2D eigenvalue weighted by Crippen LogP contribution is 2.28. The zero-order valence-corrected chi connectivity index (χ0v) is 19.7. The average molecular weight is 446 g/mol. The molecule has 6 heteroatoms. The molecule has 2 aromatic carbocycles. The fourth-order valence-electron chi connectivity index (χ4n) is 5.17. The summed E-state index contributed by atoms with van der Waals surface area (Å²) in [6.45, 7) is 8.23. The topological polar surface area (TPSA) is 53.4 Å². The normalized spacial score (nSPS) is 18.0. The van der Waals surface area contributed by atoms with E-state index in [1.807, 2.05) is 24.3 Å². The molecule has 0 radical (unpaired) electrons. The molecule has 1 amide bonds. The minimum atomic E-state index is 0.0498. The maximum absolute atomic E-state index is 12.8. The highest BCUT2D eigenvalue weighted by atomic mass is 16.1. The lowest BCUT2D eigenvalue weighted by Crippen LogP contribution is -2.40. The molecule has 1 N–H and O–H groups in total. The monoisotopic (exact) mass is 445 g/mol. The fourth-order valence-corrected chi connectivity index (χ4v) is 5.17. The number of likely N-dealkylation sites (tertiary alicyclic amines) is 1. The van der Waals surface area contributed by atoms with Gasteiger partial charge in [0, 0.05) is 37.8 Å². The Labute approximate surface area is 196 Å². The van der Waals surface area contributed by atoms with Crippen molar-refractivity contribution in [2.45, 2.75) is 45.6 Å². The van der Waals surface area contributed by atoms with Crippen LogP contribution in [0.4, 0.5) is 11.6 Å². The molecule has 3 heterocycles. The summed E-state index contributed by atoms with van der Waals surface area (Å²) < 4.78 is 2.40. The number of hydrogen-bond donors (Lipinski definition) is 1. The molecule has 0 spiro atoms. The first-order valence-corrected chi connectivity index (χ1v) is 12.5. The lowest BCUT2D eigenvalue weighted by Gasteiger charge is -2.33. The van der Waals surface area contributed by atoms with Crippen LogP contribution in [0.15, 0.2) is 48.5 Å². The lowest BCUT2D eigenvalue weighted by molar-refractivity contribution is -0.120. The summed E-state index contributed by atoms with van der Waals surface area (Å²) in [5.41, 5.74) is 4.35. The summed E-state index contributed by atoms with van der Waals surface area (Å²) in [6.07, 6.45) is 5.70. The second kappa shape index (κ2) is 9.96. The van der Waals surface area contributed by atoms with E-state index < -0.39 is 0 Å². The number of aromatic nitrogens is 2. The zero-order chi connectivity index (χ0) is 22.6. The van der Waals surface area contributed by atoms with E-state index in [-0.39, 0.29) is 11.8 Å². The Kier molecular flexibility index (Phi) is 6.63. The van der Waals surface area contributed by atoms with Gasteiger partial charge in [-0.1, -0.05) is 36.2 Å². The molecule has 5 rings (SSSR count). The van der Waals surface area contributed by atoms with Crippen LogP contribution in [0.5, 0.6) is 0 Å². The molecule has 3 aromatic rings. The van der Waals surface area contributed by atoms with E-state index in [1.165, 1.54) is 43.4 Å². The molecule has 0 aliphatic carbocycles. The van der Waals surface area contributed by atoms with E-state index >= 15 is 0 Å². The van der Waals surface area contributed by atoms with Gasteiger partial charge >= 0.3 is 0 Å². The van der Waals surface area contributed by atoms with Crippen LogP contribution in [0.25, 0.3) is 11.0 Å². The van der Waals surface area contributed by atoms with Crippen molar-refractivity contribution < 1.29 is 4.79 Å². The van der Waals surface area contributed by atoms with Gasteiger partial charge in [-0.2, -0.15) is 0 Å². The molecule has 0 saturated carbocycles. The van der Waals surface area contributed by atoms with E-state index in [4.69, 9.17) is 4.98 Å². The smallest absolute Gasteiger partial charge is 0.227 e. The van der Waals surface area contributed by atoms with Crippen molar-refractivity contribution >= 4 is 28.6 Å². The summed E-state index contributed by atoms with van der Waals surface area (Å²) in [7, 11) is 0. The first-order chi connectivity index (χ1) is 16.2. The molecule has 2 aliphatic heterocycles. The summed E-state index contributed by atoms with van der Waals surface area (Å²) in [6, 6.07) is 16.5. The lowest BCUT2D eigenvalue weighted by atomic mass is 9.96. The number of imidazole rings is 1. The van der Waals surface area contributed by atoms with Gasteiger partial charge in [-0.3, -0.25) is 4.79 Å². The SMILES string of the molecule is Cc1ccc(NC(=O)C2CCN(c3nc4ccccc4n3CCN3CCCCC3)CC2)cc1.